The van der Waals surface area contributed by atoms with E-state index in [1.807, 2.05) is 10.6 Å². The van der Waals surface area contributed by atoms with E-state index in [4.69, 9.17) is 0 Å². The van der Waals surface area contributed by atoms with Crippen LogP contribution in [0.15, 0.2) is 60.9 Å². The Morgan fingerprint density at radius 1 is 0.800 bits per heavy atom. The van der Waals surface area contributed by atoms with E-state index in [-0.39, 0.29) is 16.8 Å². The van der Waals surface area contributed by atoms with Gasteiger partial charge in [-0.3, -0.25) is 14.8 Å². The van der Waals surface area contributed by atoms with E-state index in [1.165, 1.54) is 30.6 Å². The average molecular weight is 490 g/mol. The molecule has 178 valence electrons. The molecule has 0 unspecified atom stereocenters. The first-order valence-electron chi connectivity index (χ1n) is 9.73. The average Bonchev–Trinajstić information content (AvgIpc) is 2.82. The number of rotatable bonds is 4. The van der Waals surface area contributed by atoms with E-state index in [1.54, 1.807) is 0 Å². The van der Waals surface area contributed by atoms with Crippen molar-refractivity contribution in [3.05, 3.63) is 95.1 Å². The van der Waals surface area contributed by atoms with Crippen molar-refractivity contribution in [1.82, 2.24) is 9.97 Å². The summed E-state index contributed by atoms with van der Waals surface area (Å²) in [6.45, 7) is 0. The molecule has 0 bridgehead atoms. The Bertz CT molecular complexity index is 1470. The van der Waals surface area contributed by atoms with Crippen molar-refractivity contribution in [2.75, 3.05) is 10.6 Å². The molecular weight excluding hydrogens is 478 g/mol. The third-order valence-electron chi connectivity index (χ3n) is 4.81. The van der Waals surface area contributed by atoms with Crippen LogP contribution >= 0.6 is 0 Å². The first kappa shape index (κ1) is 23.7. The molecule has 3 aromatic carbocycles. The summed E-state index contributed by atoms with van der Waals surface area (Å²) in [4.78, 5) is 33.0. The van der Waals surface area contributed by atoms with Crippen LogP contribution in [0.1, 0.15) is 21.5 Å². The molecule has 1 heterocycles. The number of benzene rings is 3. The van der Waals surface area contributed by atoms with Gasteiger partial charge in [-0.2, -0.15) is 13.2 Å². The monoisotopic (exact) mass is 490 g/mol. The maximum Gasteiger partial charge on any atom is 0.416 e. The molecule has 4 rings (SSSR count). The number of halogens is 6. The van der Waals surface area contributed by atoms with Gasteiger partial charge in [0.1, 0.15) is 0 Å². The first-order chi connectivity index (χ1) is 16.5. The maximum absolute atomic E-state index is 15.0. The molecule has 6 nitrogen and oxygen atoms in total. The van der Waals surface area contributed by atoms with Gasteiger partial charge in [0, 0.05) is 29.7 Å². The Labute approximate surface area is 192 Å². The van der Waals surface area contributed by atoms with Gasteiger partial charge in [0.05, 0.1) is 27.8 Å². The molecule has 0 saturated heterocycles. The van der Waals surface area contributed by atoms with Crippen molar-refractivity contribution < 1.29 is 35.9 Å². The summed E-state index contributed by atoms with van der Waals surface area (Å²) in [5, 5.41) is 3.91. The number of amides is 2. The van der Waals surface area contributed by atoms with Gasteiger partial charge in [0.2, 0.25) is 0 Å². The highest BCUT2D eigenvalue weighted by atomic mass is 19.4. The lowest BCUT2D eigenvalue weighted by Crippen LogP contribution is -2.22. The van der Waals surface area contributed by atoms with E-state index >= 15 is 4.39 Å². The zero-order chi connectivity index (χ0) is 25.3. The molecule has 0 aliphatic carbocycles. The normalized spacial score (nSPS) is 11.4. The minimum absolute atomic E-state index is 0.222. The number of urea groups is 1. The molecule has 4 aromatic rings. The van der Waals surface area contributed by atoms with Gasteiger partial charge in [-0.05, 0) is 36.4 Å². The zero-order valence-electron chi connectivity index (χ0n) is 17.3. The van der Waals surface area contributed by atoms with Gasteiger partial charge in [0.25, 0.3) is 0 Å². The molecule has 35 heavy (non-hydrogen) atoms. The van der Waals surface area contributed by atoms with Gasteiger partial charge in [-0.25, -0.2) is 18.0 Å². The highest BCUT2D eigenvalue weighted by Gasteiger charge is 2.31. The summed E-state index contributed by atoms with van der Waals surface area (Å²) < 4.78 is 82.2. The summed E-state index contributed by atoms with van der Waals surface area (Å²) >= 11 is 0. The van der Waals surface area contributed by atoms with Crippen LogP contribution in [0.2, 0.25) is 0 Å². The van der Waals surface area contributed by atoms with Crippen LogP contribution in [0.5, 0.6) is 0 Å². The van der Waals surface area contributed by atoms with Gasteiger partial charge in [-0.15, -0.1) is 0 Å². The number of anilines is 2. The van der Waals surface area contributed by atoms with Crippen molar-refractivity contribution in [3.8, 4) is 0 Å². The fraction of sp³-hybridized carbons (Fsp3) is 0.0435. The lowest BCUT2D eigenvalue weighted by molar-refractivity contribution is -0.137. The first-order valence-corrected chi connectivity index (χ1v) is 9.73. The van der Waals surface area contributed by atoms with Crippen LogP contribution in [0.25, 0.3) is 11.0 Å². The summed E-state index contributed by atoms with van der Waals surface area (Å²) in [6.07, 6.45) is -1.94. The van der Waals surface area contributed by atoms with Crippen LogP contribution < -0.4 is 10.6 Å². The van der Waals surface area contributed by atoms with Crippen molar-refractivity contribution in [2.45, 2.75) is 6.18 Å². The number of ketones is 1. The highest BCUT2D eigenvalue weighted by molar-refractivity contribution is 6.11. The SMILES string of the molecule is O=C(Nc1cccc(C(F)(F)F)c1)Nc1cc(F)c(F)c(C(=O)c2ccc3nccnc3c2)c1F. The Kier molecular flexibility index (Phi) is 6.12. The highest BCUT2D eigenvalue weighted by Crippen LogP contribution is 2.31. The number of fused-ring (bicyclic) bond motifs is 1. The Balaban J connectivity index is 1.63. The molecule has 0 radical (unpaired) electrons. The molecule has 2 amide bonds. The van der Waals surface area contributed by atoms with E-state index < -0.39 is 52.3 Å². The third kappa shape index (κ3) is 4.90. The van der Waals surface area contributed by atoms with Crippen molar-refractivity contribution in [1.29, 1.82) is 0 Å². The minimum Gasteiger partial charge on any atom is -0.308 e. The summed E-state index contributed by atoms with van der Waals surface area (Å²) in [6, 6.07) is 6.42. The quantitative estimate of drug-likeness (QED) is 0.211. The van der Waals surface area contributed by atoms with Crippen LogP contribution in [0, 0.1) is 17.5 Å². The van der Waals surface area contributed by atoms with Crippen LogP contribution in [0.4, 0.5) is 42.5 Å². The fourth-order valence-electron chi connectivity index (χ4n) is 3.20. The minimum atomic E-state index is -4.68. The Morgan fingerprint density at radius 3 is 2.23 bits per heavy atom. The van der Waals surface area contributed by atoms with Gasteiger partial charge < -0.3 is 10.6 Å². The van der Waals surface area contributed by atoms with Crippen LogP contribution in [0.3, 0.4) is 0 Å². The molecular formula is C23H12F6N4O2. The molecule has 12 heteroatoms. The Hall–Kier alpha value is -4.48. The van der Waals surface area contributed by atoms with Gasteiger partial charge in [0.15, 0.2) is 23.2 Å². The second-order valence-corrected chi connectivity index (χ2v) is 7.16. The van der Waals surface area contributed by atoms with Crippen molar-refractivity contribution >= 4 is 34.2 Å². The standard InChI is InChI=1S/C23H12F6N4O2/c24-14-10-17(33-22(35)32-13-3-1-2-12(9-13)23(27,28)29)20(26)18(19(14)25)21(34)11-4-5-15-16(8-11)31-7-6-30-15/h1-10H,(H2,32,33,35). The van der Waals surface area contributed by atoms with Crippen molar-refractivity contribution in [3.63, 3.8) is 0 Å². The molecule has 1 aromatic heterocycles. The summed E-state index contributed by atoms with van der Waals surface area (Å²) in [5.74, 6) is -6.22. The lowest BCUT2D eigenvalue weighted by Gasteiger charge is -2.13. The number of carbonyl (C=O) groups excluding carboxylic acids is 2. The molecule has 2 N–H and O–H groups in total. The number of aromatic nitrogens is 2. The van der Waals surface area contributed by atoms with Crippen LogP contribution in [-0.4, -0.2) is 21.8 Å². The van der Waals surface area contributed by atoms with Crippen LogP contribution in [-0.2, 0) is 6.18 Å². The Morgan fingerprint density at radius 2 is 1.51 bits per heavy atom. The second kappa shape index (κ2) is 9.05. The number of hydrogen-bond acceptors (Lipinski definition) is 4. The lowest BCUT2D eigenvalue weighted by atomic mass is 10.0. The van der Waals surface area contributed by atoms with E-state index in [0.29, 0.717) is 17.6 Å². The van der Waals surface area contributed by atoms with E-state index in [9.17, 15) is 31.5 Å². The van der Waals surface area contributed by atoms with E-state index in [2.05, 4.69) is 9.97 Å². The molecule has 0 atom stereocenters. The third-order valence-corrected chi connectivity index (χ3v) is 4.81. The van der Waals surface area contributed by atoms with Crippen molar-refractivity contribution in [2.24, 2.45) is 0 Å². The predicted octanol–water partition coefficient (Wildman–Crippen LogP) is 5.94. The number of carbonyl (C=O) groups is 2. The van der Waals surface area contributed by atoms with Gasteiger partial charge >= 0.3 is 12.2 Å². The predicted molar refractivity (Wildman–Crippen MR) is 113 cm³/mol. The molecule has 0 aliphatic heterocycles. The zero-order valence-corrected chi connectivity index (χ0v) is 17.3. The number of alkyl halides is 3. The summed E-state index contributed by atoms with van der Waals surface area (Å²) in [5.41, 5.74) is -3.11. The molecule has 0 fully saturated rings. The molecule has 0 saturated carbocycles. The second-order valence-electron chi connectivity index (χ2n) is 7.16. The molecule has 0 aliphatic rings. The largest absolute Gasteiger partial charge is 0.416 e. The van der Waals surface area contributed by atoms with E-state index in [0.717, 1.165) is 18.2 Å². The fourth-order valence-corrected chi connectivity index (χ4v) is 3.20. The number of hydrogen-bond donors (Lipinski definition) is 2. The summed E-state index contributed by atoms with van der Waals surface area (Å²) in [7, 11) is 0. The topological polar surface area (TPSA) is 84.0 Å². The molecule has 0 spiro atoms. The maximum atomic E-state index is 15.0. The van der Waals surface area contributed by atoms with Gasteiger partial charge in [-0.1, -0.05) is 6.07 Å². The number of nitrogens with zero attached hydrogens (tertiary/aromatic N) is 2. The number of nitrogens with one attached hydrogen (secondary N) is 2. The smallest absolute Gasteiger partial charge is 0.308 e.